The monoisotopic (exact) mass is 301 g/mol. The molecule has 0 aromatic rings. The highest BCUT2D eigenvalue weighted by Crippen LogP contribution is 2.17. The molecule has 0 aliphatic carbocycles. The van der Waals surface area contributed by atoms with E-state index in [1.165, 1.54) is 0 Å². The van der Waals surface area contributed by atoms with Crippen molar-refractivity contribution in [3.63, 3.8) is 0 Å². The Kier molecular flexibility index (Phi) is 10.7. The largest absolute Gasteiger partial charge is 0.481 e. The fourth-order valence-electron chi connectivity index (χ4n) is 2.14. The molecule has 0 aromatic carbocycles. The molecule has 0 heterocycles. The van der Waals surface area contributed by atoms with Crippen molar-refractivity contribution in [1.29, 1.82) is 0 Å². The smallest absolute Gasteiger partial charge is 0.317 e. The summed E-state index contributed by atoms with van der Waals surface area (Å²) < 4.78 is 0. The number of rotatable bonds is 11. The third-order valence-electron chi connectivity index (χ3n) is 3.52. The standard InChI is InChI=1S/C15H31N3O3/c1-5-6-13(7-8-14(19)20)9-10-16-15(21)18(4)12-11-17(2)3/h13H,5-12H2,1-4H3,(H,16,21)(H,19,20). The van der Waals surface area contributed by atoms with Crippen LogP contribution in [0.2, 0.25) is 0 Å². The number of hydrogen-bond acceptors (Lipinski definition) is 3. The van der Waals surface area contributed by atoms with Crippen LogP contribution >= 0.6 is 0 Å². The zero-order chi connectivity index (χ0) is 16.3. The van der Waals surface area contributed by atoms with Crippen LogP contribution in [0.1, 0.15) is 39.0 Å². The van der Waals surface area contributed by atoms with Crippen molar-refractivity contribution in [2.45, 2.75) is 39.0 Å². The summed E-state index contributed by atoms with van der Waals surface area (Å²) in [5.74, 6) is -0.373. The summed E-state index contributed by atoms with van der Waals surface area (Å²) in [6, 6.07) is -0.0645. The first kappa shape index (κ1) is 19.7. The number of carboxylic acids is 1. The molecule has 0 aliphatic heterocycles. The van der Waals surface area contributed by atoms with E-state index in [0.29, 0.717) is 25.4 Å². The highest BCUT2D eigenvalue weighted by Gasteiger charge is 2.12. The molecule has 0 fully saturated rings. The Hall–Kier alpha value is -1.30. The third-order valence-corrected chi connectivity index (χ3v) is 3.52. The fraction of sp³-hybridized carbons (Fsp3) is 0.867. The minimum atomic E-state index is -0.747. The van der Waals surface area contributed by atoms with Gasteiger partial charge in [0.1, 0.15) is 0 Å². The highest BCUT2D eigenvalue weighted by molar-refractivity contribution is 5.73. The summed E-state index contributed by atoms with van der Waals surface area (Å²) in [7, 11) is 5.74. The first-order valence-electron chi connectivity index (χ1n) is 7.72. The van der Waals surface area contributed by atoms with Gasteiger partial charge in [0.2, 0.25) is 0 Å². The maximum absolute atomic E-state index is 11.9. The van der Waals surface area contributed by atoms with E-state index in [4.69, 9.17) is 5.11 Å². The van der Waals surface area contributed by atoms with Gasteiger partial charge in [0.15, 0.2) is 0 Å². The van der Waals surface area contributed by atoms with E-state index in [1.54, 1.807) is 11.9 Å². The molecule has 0 aromatic heterocycles. The molecule has 2 N–H and O–H groups in total. The molecule has 0 aliphatic rings. The van der Waals surface area contributed by atoms with Crippen molar-refractivity contribution < 1.29 is 14.7 Å². The average molecular weight is 301 g/mol. The van der Waals surface area contributed by atoms with Gasteiger partial charge in [-0.1, -0.05) is 19.8 Å². The normalized spacial score (nSPS) is 12.2. The van der Waals surface area contributed by atoms with Crippen LogP contribution in [0.3, 0.4) is 0 Å². The second-order valence-electron chi connectivity index (χ2n) is 5.83. The summed E-state index contributed by atoms with van der Waals surface area (Å²) in [5, 5.41) is 11.6. The van der Waals surface area contributed by atoms with Gasteiger partial charge in [0, 0.05) is 33.1 Å². The van der Waals surface area contributed by atoms with Gasteiger partial charge in [-0.3, -0.25) is 4.79 Å². The summed E-state index contributed by atoms with van der Waals surface area (Å²) in [4.78, 5) is 26.2. The van der Waals surface area contributed by atoms with Crippen molar-refractivity contribution >= 4 is 12.0 Å². The molecule has 0 radical (unpaired) electrons. The van der Waals surface area contributed by atoms with Crippen LogP contribution in [0, 0.1) is 5.92 Å². The van der Waals surface area contributed by atoms with E-state index in [9.17, 15) is 9.59 Å². The molecular weight excluding hydrogens is 270 g/mol. The van der Waals surface area contributed by atoms with Crippen molar-refractivity contribution in [1.82, 2.24) is 15.1 Å². The molecular formula is C15H31N3O3. The maximum atomic E-state index is 11.9. The number of carbonyl (C=O) groups excluding carboxylic acids is 1. The van der Waals surface area contributed by atoms with Crippen molar-refractivity contribution in [2.24, 2.45) is 5.92 Å². The summed E-state index contributed by atoms with van der Waals surface area (Å²) in [6.07, 6.45) is 3.80. The van der Waals surface area contributed by atoms with E-state index in [0.717, 1.165) is 25.8 Å². The number of carbonyl (C=O) groups is 2. The van der Waals surface area contributed by atoms with E-state index < -0.39 is 5.97 Å². The topological polar surface area (TPSA) is 72.9 Å². The van der Waals surface area contributed by atoms with Gasteiger partial charge in [-0.2, -0.15) is 0 Å². The lowest BCUT2D eigenvalue weighted by molar-refractivity contribution is -0.137. The Morgan fingerprint density at radius 2 is 1.76 bits per heavy atom. The van der Waals surface area contributed by atoms with Crippen molar-refractivity contribution in [2.75, 3.05) is 40.8 Å². The van der Waals surface area contributed by atoms with Crippen LogP contribution in [0.5, 0.6) is 0 Å². The molecule has 6 nitrogen and oxygen atoms in total. The Labute approximate surface area is 128 Å². The molecule has 0 rings (SSSR count). The number of carboxylic acid groups (broad SMARTS) is 1. The molecule has 1 atom stereocenters. The molecule has 0 saturated heterocycles. The Bertz CT molecular complexity index is 309. The van der Waals surface area contributed by atoms with Gasteiger partial charge in [-0.05, 0) is 32.9 Å². The van der Waals surface area contributed by atoms with Crippen LogP contribution in [0.4, 0.5) is 4.79 Å². The SMILES string of the molecule is CCCC(CCNC(=O)N(C)CCN(C)C)CCC(=O)O. The predicted molar refractivity (Wildman–Crippen MR) is 84.5 cm³/mol. The van der Waals surface area contributed by atoms with Gasteiger partial charge in [-0.25, -0.2) is 4.79 Å². The van der Waals surface area contributed by atoms with E-state index in [2.05, 4.69) is 12.2 Å². The number of aliphatic carboxylic acids is 1. The number of nitrogens with zero attached hydrogens (tertiary/aromatic N) is 2. The Morgan fingerprint density at radius 3 is 2.29 bits per heavy atom. The maximum Gasteiger partial charge on any atom is 0.317 e. The van der Waals surface area contributed by atoms with Gasteiger partial charge in [0.05, 0.1) is 0 Å². The van der Waals surface area contributed by atoms with Gasteiger partial charge >= 0.3 is 12.0 Å². The van der Waals surface area contributed by atoms with Crippen LogP contribution in [0.25, 0.3) is 0 Å². The molecule has 1 unspecified atom stereocenters. The summed E-state index contributed by atoms with van der Waals surface area (Å²) in [5.41, 5.74) is 0. The molecule has 6 heteroatoms. The predicted octanol–water partition coefficient (Wildman–Crippen LogP) is 1.86. The van der Waals surface area contributed by atoms with Crippen LogP contribution in [-0.4, -0.2) is 67.7 Å². The van der Waals surface area contributed by atoms with Crippen LogP contribution in [0.15, 0.2) is 0 Å². The van der Waals surface area contributed by atoms with Crippen LogP contribution in [-0.2, 0) is 4.79 Å². The third kappa shape index (κ3) is 11.1. The second-order valence-corrected chi connectivity index (χ2v) is 5.83. The molecule has 0 saturated carbocycles. The lowest BCUT2D eigenvalue weighted by atomic mass is 9.94. The van der Waals surface area contributed by atoms with Crippen LogP contribution < -0.4 is 5.32 Å². The quantitative estimate of drug-likeness (QED) is 0.611. The fourth-order valence-corrected chi connectivity index (χ4v) is 2.14. The van der Waals surface area contributed by atoms with Gasteiger partial charge < -0.3 is 20.2 Å². The first-order chi connectivity index (χ1) is 9.86. The number of urea groups is 1. The lowest BCUT2D eigenvalue weighted by Gasteiger charge is -2.21. The molecule has 124 valence electrons. The molecule has 0 spiro atoms. The number of hydrogen-bond donors (Lipinski definition) is 2. The average Bonchev–Trinajstić information content (AvgIpc) is 2.41. The van der Waals surface area contributed by atoms with E-state index in [-0.39, 0.29) is 12.5 Å². The number of likely N-dealkylation sites (N-methyl/N-ethyl adjacent to an activating group) is 2. The zero-order valence-electron chi connectivity index (χ0n) is 13.9. The van der Waals surface area contributed by atoms with Crippen molar-refractivity contribution in [3.8, 4) is 0 Å². The van der Waals surface area contributed by atoms with E-state index >= 15 is 0 Å². The number of nitrogens with one attached hydrogen (secondary N) is 1. The van der Waals surface area contributed by atoms with Gasteiger partial charge in [0.25, 0.3) is 0 Å². The second kappa shape index (κ2) is 11.4. The van der Waals surface area contributed by atoms with Gasteiger partial charge in [-0.15, -0.1) is 0 Å². The first-order valence-corrected chi connectivity index (χ1v) is 7.72. The highest BCUT2D eigenvalue weighted by atomic mass is 16.4. The zero-order valence-corrected chi connectivity index (χ0v) is 13.9. The Morgan fingerprint density at radius 1 is 1.10 bits per heavy atom. The molecule has 21 heavy (non-hydrogen) atoms. The lowest BCUT2D eigenvalue weighted by Crippen LogP contribution is -2.41. The number of amides is 2. The minimum Gasteiger partial charge on any atom is -0.481 e. The molecule has 0 bridgehead atoms. The Balaban J connectivity index is 3.95. The molecule has 2 amide bonds. The summed E-state index contributed by atoms with van der Waals surface area (Å²) in [6.45, 7) is 4.23. The van der Waals surface area contributed by atoms with E-state index in [1.807, 2.05) is 19.0 Å². The minimum absolute atomic E-state index is 0.0645. The van der Waals surface area contributed by atoms with Crippen molar-refractivity contribution in [3.05, 3.63) is 0 Å². The summed E-state index contributed by atoms with van der Waals surface area (Å²) >= 11 is 0.